The average Bonchev–Trinajstić information content (AvgIpc) is 3.24. The van der Waals surface area contributed by atoms with Gasteiger partial charge in [-0.3, -0.25) is 9.59 Å². The highest BCUT2D eigenvalue weighted by atomic mass is 35.5. The van der Waals surface area contributed by atoms with E-state index in [0.29, 0.717) is 33.5 Å². The Kier molecular flexibility index (Phi) is 8.26. The van der Waals surface area contributed by atoms with Crippen molar-refractivity contribution < 1.29 is 19.1 Å². The molecule has 2 aromatic rings. The largest absolute Gasteiger partial charge is 0.454 e. The Bertz CT molecular complexity index is 962. The Labute approximate surface area is 198 Å². The van der Waals surface area contributed by atoms with E-state index in [-0.39, 0.29) is 37.6 Å². The maximum atomic E-state index is 13.3. The van der Waals surface area contributed by atoms with Crippen molar-refractivity contribution in [2.24, 2.45) is 0 Å². The molecule has 8 heteroatoms. The van der Waals surface area contributed by atoms with Crippen molar-refractivity contribution in [3.8, 4) is 11.5 Å². The molecule has 2 amide bonds. The van der Waals surface area contributed by atoms with E-state index in [1.165, 1.54) is 4.90 Å². The van der Waals surface area contributed by atoms with Crippen LogP contribution >= 0.6 is 23.2 Å². The van der Waals surface area contributed by atoms with Crippen LogP contribution in [-0.2, 0) is 22.6 Å². The molecule has 2 aromatic carbocycles. The van der Waals surface area contributed by atoms with Crippen LogP contribution in [0.5, 0.6) is 11.5 Å². The van der Waals surface area contributed by atoms with Crippen LogP contribution in [0.4, 0.5) is 0 Å². The maximum Gasteiger partial charge on any atom is 0.242 e. The van der Waals surface area contributed by atoms with Gasteiger partial charge in [0, 0.05) is 34.6 Å². The average molecular weight is 479 g/mol. The van der Waals surface area contributed by atoms with Crippen molar-refractivity contribution in [3.63, 3.8) is 0 Å². The number of amides is 2. The first-order chi connectivity index (χ1) is 15.3. The molecule has 0 saturated carbocycles. The third-order valence-electron chi connectivity index (χ3n) is 5.62. The molecule has 0 saturated heterocycles. The lowest BCUT2D eigenvalue weighted by Crippen LogP contribution is -2.49. The Morgan fingerprint density at radius 1 is 1.09 bits per heavy atom. The zero-order chi connectivity index (χ0) is 23.3. The summed E-state index contributed by atoms with van der Waals surface area (Å²) in [6, 6.07) is 10.2. The summed E-state index contributed by atoms with van der Waals surface area (Å²) in [7, 11) is 0. The Morgan fingerprint density at radius 3 is 2.47 bits per heavy atom. The molecule has 0 radical (unpaired) electrons. The van der Waals surface area contributed by atoms with Crippen LogP contribution in [0.1, 0.15) is 44.7 Å². The summed E-state index contributed by atoms with van der Waals surface area (Å²) < 4.78 is 10.8. The van der Waals surface area contributed by atoms with E-state index in [1.54, 1.807) is 25.1 Å². The van der Waals surface area contributed by atoms with Crippen LogP contribution < -0.4 is 14.8 Å². The second-order valence-corrected chi connectivity index (χ2v) is 8.72. The summed E-state index contributed by atoms with van der Waals surface area (Å²) in [6.45, 7) is 6.00. The number of rotatable bonds is 9. The fraction of sp³-hybridized carbons (Fsp3) is 0.417. The molecule has 1 N–H and O–H groups in total. The standard InChI is InChI=1S/C24H28Cl2N2O4/c1-4-15(2)27-24(30)16(3)28(13-18-19(25)6-5-7-20(18)26)23(29)11-9-17-8-10-21-22(12-17)32-14-31-21/h5-8,10,12,15-16H,4,9,11,13-14H2,1-3H3,(H,27,30)/t15-,16+/m1/s1. The summed E-state index contributed by atoms with van der Waals surface area (Å²) in [5, 5.41) is 3.87. The van der Waals surface area contributed by atoms with Gasteiger partial charge in [0.1, 0.15) is 6.04 Å². The molecule has 6 nitrogen and oxygen atoms in total. The second kappa shape index (κ2) is 10.9. The lowest BCUT2D eigenvalue weighted by atomic mass is 10.1. The molecular formula is C24H28Cl2N2O4. The highest BCUT2D eigenvalue weighted by Crippen LogP contribution is 2.33. The zero-order valence-electron chi connectivity index (χ0n) is 18.5. The van der Waals surface area contributed by atoms with Crippen LogP contribution in [0, 0.1) is 0 Å². The number of aryl methyl sites for hydroxylation is 1. The van der Waals surface area contributed by atoms with E-state index < -0.39 is 6.04 Å². The van der Waals surface area contributed by atoms with Gasteiger partial charge in [-0.15, -0.1) is 0 Å². The molecule has 0 unspecified atom stereocenters. The first-order valence-corrected chi connectivity index (χ1v) is 11.5. The summed E-state index contributed by atoms with van der Waals surface area (Å²) in [6.07, 6.45) is 1.53. The Morgan fingerprint density at radius 2 is 1.78 bits per heavy atom. The molecule has 1 heterocycles. The molecule has 0 fully saturated rings. The molecule has 2 atom stereocenters. The van der Waals surface area contributed by atoms with Gasteiger partial charge in [-0.05, 0) is 56.5 Å². The first-order valence-electron chi connectivity index (χ1n) is 10.7. The second-order valence-electron chi connectivity index (χ2n) is 7.90. The van der Waals surface area contributed by atoms with Crippen molar-refractivity contribution in [1.82, 2.24) is 10.2 Å². The van der Waals surface area contributed by atoms with Gasteiger partial charge in [-0.1, -0.05) is 42.3 Å². The summed E-state index contributed by atoms with van der Waals surface area (Å²) in [4.78, 5) is 27.6. The Hall–Kier alpha value is -2.44. The maximum absolute atomic E-state index is 13.3. The van der Waals surface area contributed by atoms with Gasteiger partial charge in [0.05, 0.1) is 0 Å². The minimum absolute atomic E-state index is 0.0134. The highest BCUT2D eigenvalue weighted by Gasteiger charge is 2.28. The van der Waals surface area contributed by atoms with E-state index in [2.05, 4.69) is 5.32 Å². The number of nitrogens with one attached hydrogen (secondary N) is 1. The fourth-order valence-electron chi connectivity index (χ4n) is 3.39. The molecule has 0 aliphatic carbocycles. The van der Waals surface area contributed by atoms with Crippen molar-refractivity contribution in [1.29, 1.82) is 0 Å². The van der Waals surface area contributed by atoms with Crippen molar-refractivity contribution in [2.45, 2.75) is 58.7 Å². The van der Waals surface area contributed by atoms with Gasteiger partial charge >= 0.3 is 0 Å². The fourth-order valence-corrected chi connectivity index (χ4v) is 3.91. The lowest BCUT2D eigenvalue weighted by Gasteiger charge is -2.30. The van der Waals surface area contributed by atoms with E-state index in [1.807, 2.05) is 32.0 Å². The van der Waals surface area contributed by atoms with Crippen LogP contribution in [0.25, 0.3) is 0 Å². The normalized spacial score (nSPS) is 14.0. The minimum Gasteiger partial charge on any atom is -0.454 e. The number of carbonyl (C=O) groups excluding carboxylic acids is 2. The topological polar surface area (TPSA) is 67.9 Å². The molecule has 0 bridgehead atoms. The summed E-state index contributed by atoms with van der Waals surface area (Å²) in [5.74, 6) is 1.01. The summed E-state index contributed by atoms with van der Waals surface area (Å²) >= 11 is 12.7. The molecule has 32 heavy (non-hydrogen) atoms. The molecule has 1 aliphatic rings. The van der Waals surface area contributed by atoms with Crippen LogP contribution in [-0.4, -0.2) is 35.6 Å². The minimum atomic E-state index is -0.680. The highest BCUT2D eigenvalue weighted by molar-refractivity contribution is 6.36. The first kappa shape index (κ1) is 24.2. The van der Waals surface area contributed by atoms with Gasteiger partial charge in [-0.25, -0.2) is 0 Å². The predicted octanol–water partition coefficient (Wildman–Crippen LogP) is 4.99. The van der Waals surface area contributed by atoms with Gasteiger partial charge in [0.25, 0.3) is 0 Å². The lowest BCUT2D eigenvalue weighted by molar-refractivity contribution is -0.140. The smallest absolute Gasteiger partial charge is 0.242 e. The van der Waals surface area contributed by atoms with Gasteiger partial charge in [0.2, 0.25) is 18.6 Å². The quantitative estimate of drug-likeness (QED) is 0.551. The number of benzene rings is 2. The van der Waals surface area contributed by atoms with E-state index in [0.717, 1.165) is 12.0 Å². The number of carbonyl (C=O) groups is 2. The number of halogens is 2. The van der Waals surface area contributed by atoms with Gasteiger partial charge in [-0.2, -0.15) is 0 Å². The predicted molar refractivity (Wildman–Crippen MR) is 125 cm³/mol. The number of ether oxygens (including phenoxy) is 2. The SMILES string of the molecule is CC[C@@H](C)NC(=O)[C@H](C)N(Cc1c(Cl)cccc1Cl)C(=O)CCc1ccc2c(c1)OCO2. The molecule has 1 aliphatic heterocycles. The van der Waals surface area contributed by atoms with Crippen molar-refractivity contribution in [2.75, 3.05) is 6.79 Å². The van der Waals surface area contributed by atoms with Crippen LogP contribution in [0.3, 0.4) is 0 Å². The molecular weight excluding hydrogens is 451 g/mol. The number of fused-ring (bicyclic) bond motifs is 1. The summed E-state index contributed by atoms with van der Waals surface area (Å²) in [5.41, 5.74) is 1.57. The third-order valence-corrected chi connectivity index (χ3v) is 6.33. The Balaban J connectivity index is 1.77. The van der Waals surface area contributed by atoms with Crippen molar-refractivity contribution >= 4 is 35.0 Å². The molecule has 0 spiro atoms. The van der Waals surface area contributed by atoms with E-state index in [4.69, 9.17) is 32.7 Å². The monoisotopic (exact) mass is 478 g/mol. The van der Waals surface area contributed by atoms with Crippen LogP contribution in [0.15, 0.2) is 36.4 Å². The number of hydrogen-bond acceptors (Lipinski definition) is 4. The van der Waals surface area contributed by atoms with E-state index in [9.17, 15) is 9.59 Å². The molecule has 172 valence electrons. The van der Waals surface area contributed by atoms with Gasteiger partial charge in [0.15, 0.2) is 11.5 Å². The zero-order valence-corrected chi connectivity index (χ0v) is 20.0. The molecule has 3 rings (SSSR count). The van der Waals surface area contributed by atoms with E-state index >= 15 is 0 Å². The van der Waals surface area contributed by atoms with Crippen molar-refractivity contribution in [3.05, 3.63) is 57.6 Å². The molecule has 0 aromatic heterocycles. The number of hydrogen-bond donors (Lipinski definition) is 1. The third kappa shape index (κ3) is 5.87. The number of nitrogens with zero attached hydrogens (tertiary/aromatic N) is 1. The van der Waals surface area contributed by atoms with Crippen LogP contribution in [0.2, 0.25) is 10.0 Å². The van der Waals surface area contributed by atoms with Gasteiger partial charge < -0.3 is 19.7 Å².